The Balaban J connectivity index is 2.35. The first-order chi connectivity index (χ1) is 7.68. The van der Waals surface area contributed by atoms with Crippen molar-refractivity contribution in [3.63, 3.8) is 0 Å². The molecule has 0 radical (unpaired) electrons. The first-order valence-corrected chi connectivity index (χ1v) is 4.95. The summed E-state index contributed by atoms with van der Waals surface area (Å²) in [5.41, 5.74) is 7.97. The van der Waals surface area contributed by atoms with Gasteiger partial charge in [-0.15, -0.1) is 0 Å². The van der Waals surface area contributed by atoms with Gasteiger partial charge in [-0.1, -0.05) is 6.07 Å². The van der Waals surface area contributed by atoms with Gasteiger partial charge in [0.05, 0.1) is 6.54 Å². The molecular formula is C11H13N5. The Morgan fingerprint density at radius 2 is 2.25 bits per heavy atom. The molecule has 2 rings (SSSR count). The van der Waals surface area contributed by atoms with E-state index in [1.54, 1.807) is 12.4 Å². The smallest absolute Gasteiger partial charge is 0.142 e. The SMILES string of the molecule is Cc1ccnn1Cc1cccnc1C(=N)N. The van der Waals surface area contributed by atoms with Crippen molar-refractivity contribution in [2.75, 3.05) is 0 Å². The lowest BCUT2D eigenvalue weighted by atomic mass is 10.2. The van der Waals surface area contributed by atoms with Crippen molar-refractivity contribution >= 4 is 5.84 Å². The van der Waals surface area contributed by atoms with Crippen molar-refractivity contribution in [1.29, 1.82) is 5.41 Å². The molecule has 0 saturated heterocycles. The van der Waals surface area contributed by atoms with Crippen LogP contribution in [-0.4, -0.2) is 20.6 Å². The van der Waals surface area contributed by atoms with E-state index in [0.717, 1.165) is 11.3 Å². The molecule has 0 aromatic carbocycles. The van der Waals surface area contributed by atoms with E-state index in [-0.39, 0.29) is 5.84 Å². The zero-order valence-electron chi connectivity index (χ0n) is 9.01. The van der Waals surface area contributed by atoms with Crippen LogP contribution >= 0.6 is 0 Å². The maximum Gasteiger partial charge on any atom is 0.142 e. The number of pyridine rings is 1. The molecule has 2 aromatic rings. The highest BCUT2D eigenvalue weighted by Crippen LogP contribution is 2.08. The largest absolute Gasteiger partial charge is 0.382 e. The van der Waals surface area contributed by atoms with Gasteiger partial charge in [0.2, 0.25) is 0 Å². The van der Waals surface area contributed by atoms with Crippen molar-refractivity contribution in [1.82, 2.24) is 14.8 Å². The number of nitrogens with zero attached hydrogens (tertiary/aromatic N) is 3. The number of nitrogens with two attached hydrogens (primary N) is 1. The summed E-state index contributed by atoms with van der Waals surface area (Å²) in [4.78, 5) is 4.10. The van der Waals surface area contributed by atoms with Crippen molar-refractivity contribution in [2.24, 2.45) is 5.73 Å². The third kappa shape index (κ3) is 1.93. The third-order valence-electron chi connectivity index (χ3n) is 2.40. The standard InChI is InChI=1S/C11H13N5/c1-8-4-6-15-16(8)7-9-3-2-5-14-10(9)11(12)13/h2-6H,7H2,1H3,(H3,12,13). The minimum atomic E-state index is -0.0135. The molecule has 5 nitrogen and oxygen atoms in total. The summed E-state index contributed by atoms with van der Waals surface area (Å²) in [6.45, 7) is 2.57. The molecular weight excluding hydrogens is 202 g/mol. The van der Waals surface area contributed by atoms with E-state index >= 15 is 0 Å². The zero-order chi connectivity index (χ0) is 11.5. The average Bonchev–Trinajstić information content (AvgIpc) is 2.65. The summed E-state index contributed by atoms with van der Waals surface area (Å²) in [6.07, 6.45) is 3.38. The number of hydrogen-bond acceptors (Lipinski definition) is 3. The van der Waals surface area contributed by atoms with Crippen LogP contribution in [0.5, 0.6) is 0 Å². The van der Waals surface area contributed by atoms with Crippen LogP contribution in [0.2, 0.25) is 0 Å². The Kier molecular flexibility index (Phi) is 2.68. The van der Waals surface area contributed by atoms with Crippen molar-refractivity contribution in [3.05, 3.63) is 47.5 Å². The number of amidine groups is 1. The van der Waals surface area contributed by atoms with Crippen LogP contribution in [0.25, 0.3) is 0 Å². The molecule has 82 valence electrons. The van der Waals surface area contributed by atoms with Crippen molar-refractivity contribution < 1.29 is 0 Å². The van der Waals surface area contributed by atoms with Crippen LogP contribution in [0.15, 0.2) is 30.6 Å². The highest BCUT2D eigenvalue weighted by Gasteiger charge is 2.07. The van der Waals surface area contributed by atoms with Crippen LogP contribution in [0, 0.1) is 12.3 Å². The minimum Gasteiger partial charge on any atom is -0.382 e. The highest BCUT2D eigenvalue weighted by molar-refractivity contribution is 5.94. The fourth-order valence-corrected chi connectivity index (χ4v) is 1.53. The highest BCUT2D eigenvalue weighted by atomic mass is 15.3. The summed E-state index contributed by atoms with van der Waals surface area (Å²) in [7, 11) is 0. The Morgan fingerprint density at radius 3 is 2.88 bits per heavy atom. The fraction of sp³-hybridized carbons (Fsp3) is 0.182. The van der Waals surface area contributed by atoms with E-state index in [1.807, 2.05) is 29.8 Å². The maximum absolute atomic E-state index is 7.44. The third-order valence-corrected chi connectivity index (χ3v) is 2.40. The van der Waals surface area contributed by atoms with E-state index in [1.165, 1.54) is 0 Å². The predicted octanol–water partition coefficient (Wildman–Crippen LogP) is 0.919. The lowest BCUT2D eigenvalue weighted by Crippen LogP contribution is -2.17. The molecule has 2 aromatic heterocycles. The van der Waals surface area contributed by atoms with Crippen molar-refractivity contribution in [2.45, 2.75) is 13.5 Å². The number of aromatic nitrogens is 3. The molecule has 0 aliphatic carbocycles. The van der Waals surface area contributed by atoms with Gasteiger partial charge in [-0.2, -0.15) is 5.10 Å². The van der Waals surface area contributed by atoms with Gasteiger partial charge in [0.15, 0.2) is 0 Å². The second-order valence-corrected chi connectivity index (χ2v) is 3.56. The van der Waals surface area contributed by atoms with Crippen LogP contribution in [-0.2, 0) is 6.54 Å². The Hall–Kier alpha value is -2.17. The molecule has 16 heavy (non-hydrogen) atoms. The molecule has 0 fully saturated rings. The summed E-state index contributed by atoms with van der Waals surface area (Å²) in [5, 5.41) is 11.6. The molecule has 0 unspecified atom stereocenters. The lowest BCUT2D eigenvalue weighted by Gasteiger charge is -2.08. The number of aryl methyl sites for hydroxylation is 1. The number of rotatable bonds is 3. The number of nitrogen functional groups attached to an aromatic ring is 1. The van der Waals surface area contributed by atoms with Gasteiger partial charge in [-0.3, -0.25) is 15.1 Å². The van der Waals surface area contributed by atoms with Gasteiger partial charge >= 0.3 is 0 Å². The summed E-state index contributed by atoms with van der Waals surface area (Å²) in [5.74, 6) is -0.0135. The average molecular weight is 215 g/mol. The van der Waals surface area contributed by atoms with Gasteiger partial charge < -0.3 is 5.73 Å². The summed E-state index contributed by atoms with van der Waals surface area (Å²) in [6, 6.07) is 5.68. The Morgan fingerprint density at radius 1 is 1.44 bits per heavy atom. The monoisotopic (exact) mass is 215 g/mol. The van der Waals surface area contributed by atoms with Crippen molar-refractivity contribution in [3.8, 4) is 0 Å². The Labute approximate surface area is 93.4 Å². The van der Waals surface area contributed by atoms with E-state index in [2.05, 4.69) is 10.1 Å². The molecule has 0 bridgehead atoms. The first-order valence-electron chi connectivity index (χ1n) is 4.95. The van der Waals surface area contributed by atoms with Gasteiger partial charge in [0.25, 0.3) is 0 Å². The molecule has 3 N–H and O–H groups in total. The first kappa shape index (κ1) is 10.4. The van der Waals surface area contributed by atoms with Gasteiger partial charge in [-0.25, -0.2) is 0 Å². The second kappa shape index (κ2) is 4.14. The molecule has 0 aliphatic rings. The number of nitrogens with one attached hydrogen (secondary N) is 1. The molecule has 0 amide bonds. The fourth-order valence-electron chi connectivity index (χ4n) is 1.53. The van der Waals surface area contributed by atoms with Crippen LogP contribution < -0.4 is 5.73 Å². The Bertz CT molecular complexity index is 515. The molecule has 0 atom stereocenters. The van der Waals surface area contributed by atoms with Gasteiger partial charge in [0.1, 0.15) is 11.5 Å². The number of hydrogen-bond donors (Lipinski definition) is 2. The maximum atomic E-state index is 7.44. The van der Waals surface area contributed by atoms with Crippen LogP contribution in [0.4, 0.5) is 0 Å². The second-order valence-electron chi connectivity index (χ2n) is 3.56. The quantitative estimate of drug-likeness (QED) is 0.590. The van der Waals surface area contributed by atoms with Crippen LogP contribution in [0.3, 0.4) is 0 Å². The van der Waals surface area contributed by atoms with Gasteiger partial charge in [0, 0.05) is 23.7 Å². The molecule has 2 heterocycles. The molecule has 0 aliphatic heterocycles. The van der Waals surface area contributed by atoms with E-state index in [4.69, 9.17) is 11.1 Å². The van der Waals surface area contributed by atoms with Gasteiger partial charge in [-0.05, 0) is 19.1 Å². The topological polar surface area (TPSA) is 80.6 Å². The van der Waals surface area contributed by atoms with Crippen LogP contribution in [0.1, 0.15) is 17.0 Å². The predicted molar refractivity (Wildman–Crippen MR) is 61.3 cm³/mol. The summed E-state index contributed by atoms with van der Waals surface area (Å²) >= 11 is 0. The van der Waals surface area contributed by atoms with E-state index in [9.17, 15) is 0 Å². The minimum absolute atomic E-state index is 0.0135. The molecule has 0 spiro atoms. The van der Waals surface area contributed by atoms with E-state index < -0.39 is 0 Å². The summed E-state index contributed by atoms with van der Waals surface area (Å²) < 4.78 is 1.85. The molecule has 5 heteroatoms. The van der Waals surface area contributed by atoms with E-state index in [0.29, 0.717) is 12.2 Å². The molecule has 0 saturated carbocycles. The zero-order valence-corrected chi connectivity index (χ0v) is 9.01. The lowest BCUT2D eigenvalue weighted by molar-refractivity contribution is 0.662. The normalized spacial score (nSPS) is 10.3.